The number of nitrogens with zero attached hydrogens (tertiary/aromatic N) is 4. The van der Waals surface area contributed by atoms with Crippen molar-refractivity contribution >= 4 is 11.8 Å². The molecule has 0 saturated carbocycles. The lowest BCUT2D eigenvalue weighted by Gasteiger charge is -2.54. The molecule has 1 aromatic heterocycles. The van der Waals surface area contributed by atoms with Crippen LogP contribution in [0, 0.1) is 17.2 Å². The molecular weight excluding hydrogens is 292 g/mol. The van der Waals surface area contributed by atoms with Crippen LogP contribution in [-0.2, 0) is 4.74 Å². The van der Waals surface area contributed by atoms with Gasteiger partial charge in [0.2, 0.25) is 0 Å². The van der Waals surface area contributed by atoms with Gasteiger partial charge in [-0.1, -0.05) is 0 Å². The number of hydrogen-bond donors (Lipinski definition) is 0. The van der Waals surface area contributed by atoms with Crippen LogP contribution in [0.3, 0.4) is 0 Å². The van der Waals surface area contributed by atoms with E-state index in [2.05, 4.69) is 16.0 Å². The number of fused-ring (bicyclic) bond motifs is 1. The topological polar surface area (TPSA) is 69.5 Å². The fourth-order valence-electron chi connectivity index (χ4n) is 3.23. The number of carbonyl (C=O) groups excluding carboxylic acids is 1. The second-order valence-electron chi connectivity index (χ2n) is 7.24. The predicted molar refractivity (Wildman–Crippen MR) is 86.0 cm³/mol. The zero-order valence-electron chi connectivity index (χ0n) is 13.8. The van der Waals surface area contributed by atoms with E-state index in [0.29, 0.717) is 18.0 Å². The number of rotatable bonds is 1. The zero-order valence-corrected chi connectivity index (χ0v) is 13.8. The molecule has 6 nitrogen and oxygen atoms in total. The van der Waals surface area contributed by atoms with Gasteiger partial charge in [-0.05, 0) is 33.3 Å². The van der Waals surface area contributed by atoms with Gasteiger partial charge in [0.05, 0.1) is 23.5 Å². The molecule has 0 radical (unpaired) electrons. The Kier molecular flexibility index (Phi) is 3.88. The highest BCUT2D eigenvalue weighted by molar-refractivity contribution is 5.68. The average molecular weight is 314 g/mol. The molecule has 3 rings (SSSR count). The summed E-state index contributed by atoms with van der Waals surface area (Å²) in [4.78, 5) is 20.4. The van der Waals surface area contributed by atoms with E-state index in [1.54, 1.807) is 17.3 Å². The van der Waals surface area contributed by atoms with Crippen molar-refractivity contribution in [2.45, 2.75) is 38.8 Å². The van der Waals surface area contributed by atoms with Crippen molar-refractivity contribution in [1.82, 2.24) is 9.88 Å². The summed E-state index contributed by atoms with van der Waals surface area (Å²) in [5.41, 5.74) is 1.04. The Morgan fingerprint density at radius 3 is 2.87 bits per heavy atom. The van der Waals surface area contributed by atoms with Crippen LogP contribution in [0.4, 0.5) is 10.5 Å². The summed E-state index contributed by atoms with van der Waals surface area (Å²) in [5, 5.41) is 9.01. The maximum atomic E-state index is 12.3. The summed E-state index contributed by atoms with van der Waals surface area (Å²) in [5.74, 6) is 0.597. The Balaban J connectivity index is 1.68. The molecule has 0 N–H and O–H groups in total. The number of hydrogen-bond acceptors (Lipinski definition) is 5. The van der Waals surface area contributed by atoms with E-state index < -0.39 is 5.60 Å². The smallest absolute Gasteiger partial charge is 0.410 e. The number of nitriles is 1. The number of anilines is 1. The minimum atomic E-state index is -0.474. The van der Waals surface area contributed by atoms with Crippen LogP contribution in [-0.4, -0.2) is 47.3 Å². The Morgan fingerprint density at radius 2 is 2.17 bits per heavy atom. The van der Waals surface area contributed by atoms with E-state index in [0.717, 1.165) is 25.2 Å². The van der Waals surface area contributed by atoms with Gasteiger partial charge >= 0.3 is 6.09 Å². The molecule has 122 valence electrons. The Labute approximate surface area is 136 Å². The molecule has 6 heteroatoms. The van der Waals surface area contributed by atoms with Crippen molar-refractivity contribution in [3.63, 3.8) is 0 Å². The van der Waals surface area contributed by atoms with Crippen molar-refractivity contribution in [1.29, 1.82) is 5.26 Å². The molecule has 1 amide bonds. The van der Waals surface area contributed by atoms with Gasteiger partial charge in [0.15, 0.2) is 0 Å². The number of piperidine rings is 1. The third-order valence-electron chi connectivity index (χ3n) is 4.39. The Morgan fingerprint density at radius 1 is 1.39 bits per heavy atom. The molecule has 3 heterocycles. The van der Waals surface area contributed by atoms with Crippen molar-refractivity contribution in [3.05, 3.63) is 24.0 Å². The first kappa shape index (κ1) is 15.6. The van der Waals surface area contributed by atoms with Gasteiger partial charge in [0, 0.05) is 31.7 Å². The standard InChI is InChI=1S/C17H22N4O2/c1-17(2,3)23-16(22)20-5-4-13-10-21(15(13)11-20)14-6-12(7-18)8-19-9-14/h6,8-9,13,15H,4-5,10-11H2,1-3H3/t13-,15-/m1/s1. The van der Waals surface area contributed by atoms with Crippen LogP contribution >= 0.6 is 0 Å². The lowest BCUT2D eigenvalue weighted by atomic mass is 9.82. The summed E-state index contributed by atoms with van der Waals surface area (Å²) >= 11 is 0. The third kappa shape index (κ3) is 3.24. The van der Waals surface area contributed by atoms with Gasteiger partial charge in [0.25, 0.3) is 0 Å². The molecule has 0 bridgehead atoms. The predicted octanol–water partition coefficient (Wildman–Crippen LogP) is 2.40. The Hall–Kier alpha value is -2.29. The first-order chi connectivity index (χ1) is 10.9. The lowest BCUT2D eigenvalue weighted by Crippen LogP contribution is -2.65. The summed E-state index contributed by atoms with van der Waals surface area (Å²) in [6.45, 7) is 8.02. The van der Waals surface area contributed by atoms with Crippen LogP contribution < -0.4 is 4.90 Å². The largest absolute Gasteiger partial charge is 0.444 e. The van der Waals surface area contributed by atoms with E-state index in [-0.39, 0.29) is 12.1 Å². The fraction of sp³-hybridized carbons (Fsp3) is 0.588. The van der Waals surface area contributed by atoms with Crippen LogP contribution in [0.2, 0.25) is 0 Å². The number of carbonyl (C=O) groups is 1. The maximum absolute atomic E-state index is 12.3. The highest BCUT2D eigenvalue weighted by Crippen LogP contribution is 2.36. The van der Waals surface area contributed by atoms with Crippen LogP contribution in [0.25, 0.3) is 0 Å². The van der Waals surface area contributed by atoms with E-state index in [1.807, 2.05) is 26.8 Å². The van der Waals surface area contributed by atoms with Gasteiger partial charge in [-0.2, -0.15) is 5.26 Å². The third-order valence-corrected chi connectivity index (χ3v) is 4.39. The van der Waals surface area contributed by atoms with Crippen molar-refractivity contribution in [2.75, 3.05) is 24.5 Å². The summed E-state index contributed by atoms with van der Waals surface area (Å²) < 4.78 is 5.48. The Bertz CT molecular complexity index is 647. The van der Waals surface area contributed by atoms with Gasteiger partial charge < -0.3 is 14.5 Å². The molecule has 1 aromatic rings. The average Bonchev–Trinajstić information content (AvgIpc) is 2.47. The molecule has 2 saturated heterocycles. The molecule has 2 fully saturated rings. The summed E-state index contributed by atoms with van der Waals surface area (Å²) in [6, 6.07) is 4.26. The molecular formula is C17H22N4O2. The fourth-order valence-corrected chi connectivity index (χ4v) is 3.23. The first-order valence-corrected chi connectivity index (χ1v) is 7.97. The number of aromatic nitrogens is 1. The minimum absolute atomic E-state index is 0.244. The van der Waals surface area contributed by atoms with E-state index in [9.17, 15) is 4.79 Å². The molecule has 0 unspecified atom stereocenters. The van der Waals surface area contributed by atoms with Gasteiger partial charge in [-0.3, -0.25) is 4.98 Å². The van der Waals surface area contributed by atoms with Gasteiger partial charge in [0.1, 0.15) is 11.7 Å². The zero-order chi connectivity index (χ0) is 16.6. The maximum Gasteiger partial charge on any atom is 0.410 e. The van der Waals surface area contributed by atoms with E-state index in [1.165, 1.54) is 0 Å². The monoisotopic (exact) mass is 314 g/mol. The van der Waals surface area contributed by atoms with Crippen LogP contribution in [0.1, 0.15) is 32.8 Å². The first-order valence-electron chi connectivity index (χ1n) is 7.97. The summed E-state index contributed by atoms with van der Waals surface area (Å²) in [6.07, 6.45) is 4.09. The highest BCUT2D eigenvalue weighted by atomic mass is 16.6. The molecule has 0 aliphatic carbocycles. The molecule has 2 atom stereocenters. The highest BCUT2D eigenvalue weighted by Gasteiger charge is 2.44. The normalized spacial score (nSPS) is 23.6. The van der Waals surface area contributed by atoms with E-state index >= 15 is 0 Å². The molecule has 0 aromatic carbocycles. The lowest BCUT2D eigenvalue weighted by molar-refractivity contribution is 0.0107. The summed E-state index contributed by atoms with van der Waals surface area (Å²) in [7, 11) is 0. The van der Waals surface area contributed by atoms with Crippen molar-refractivity contribution in [2.24, 2.45) is 5.92 Å². The second kappa shape index (κ2) is 5.73. The SMILES string of the molecule is CC(C)(C)OC(=O)N1CC[C@@H]2CN(c3cncc(C#N)c3)[C@@H]2C1. The second-order valence-corrected chi connectivity index (χ2v) is 7.24. The van der Waals surface area contributed by atoms with Gasteiger partial charge in [-0.25, -0.2) is 4.79 Å². The number of amides is 1. The van der Waals surface area contributed by atoms with Crippen LogP contribution in [0.5, 0.6) is 0 Å². The van der Waals surface area contributed by atoms with Gasteiger partial charge in [-0.15, -0.1) is 0 Å². The van der Waals surface area contributed by atoms with Crippen molar-refractivity contribution in [3.8, 4) is 6.07 Å². The number of pyridine rings is 1. The molecule has 2 aliphatic heterocycles. The number of ether oxygens (including phenoxy) is 1. The minimum Gasteiger partial charge on any atom is -0.444 e. The van der Waals surface area contributed by atoms with E-state index in [4.69, 9.17) is 10.00 Å². The molecule has 2 aliphatic rings. The van der Waals surface area contributed by atoms with Crippen LogP contribution in [0.15, 0.2) is 18.5 Å². The number of likely N-dealkylation sites (tertiary alicyclic amines) is 1. The quantitative estimate of drug-likeness (QED) is 0.796. The molecule has 23 heavy (non-hydrogen) atoms. The van der Waals surface area contributed by atoms with Crippen molar-refractivity contribution < 1.29 is 9.53 Å². The molecule has 0 spiro atoms.